The van der Waals surface area contributed by atoms with E-state index in [1.807, 2.05) is 12.1 Å². The first-order valence-electron chi connectivity index (χ1n) is 10.4. The number of methoxy groups -OCH3 is 1. The maximum atomic E-state index is 12.5. The molecule has 3 rings (SSSR count). The van der Waals surface area contributed by atoms with E-state index in [1.165, 1.54) is 41.8 Å². The Morgan fingerprint density at radius 2 is 1.96 bits per heavy atom. The van der Waals surface area contributed by atoms with Crippen LogP contribution in [0.4, 0.5) is 5.69 Å². The first-order chi connectivity index (χ1) is 13.2. The number of anilines is 1. The predicted molar refractivity (Wildman–Crippen MR) is 110 cm³/mol. The molecule has 148 valence electrons. The molecule has 2 N–H and O–H groups in total. The highest BCUT2D eigenvalue weighted by Crippen LogP contribution is 2.20. The number of piperazine rings is 1. The maximum Gasteiger partial charge on any atom is 0.278 e. The van der Waals surface area contributed by atoms with Crippen molar-refractivity contribution in [1.29, 1.82) is 0 Å². The minimum atomic E-state index is 0.0170. The lowest BCUT2D eigenvalue weighted by atomic mass is 9.97. The highest BCUT2D eigenvalue weighted by atomic mass is 16.5. The number of benzene rings is 1. The fraction of sp³-hybridized carbons (Fsp3) is 0.591. The number of carbonyl (C=O) groups excluding carboxylic acids is 1. The lowest BCUT2D eigenvalue weighted by Gasteiger charge is -2.36. The molecule has 0 spiro atoms. The van der Waals surface area contributed by atoms with Gasteiger partial charge in [0.2, 0.25) is 0 Å². The summed E-state index contributed by atoms with van der Waals surface area (Å²) in [6.45, 7) is 6.78. The van der Waals surface area contributed by atoms with E-state index in [0.717, 1.165) is 44.9 Å². The molecule has 1 fully saturated rings. The third kappa shape index (κ3) is 5.48. The summed E-state index contributed by atoms with van der Waals surface area (Å²) in [4.78, 5) is 16.3. The van der Waals surface area contributed by atoms with Crippen molar-refractivity contribution in [3.63, 3.8) is 0 Å². The van der Waals surface area contributed by atoms with Crippen LogP contribution in [-0.2, 0) is 4.79 Å². The zero-order chi connectivity index (χ0) is 19.1. The van der Waals surface area contributed by atoms with E-state index in [0.29, 0.717) is 0 Å². The van der Waals surface area contributed by atoms with Gasteiger partial charge in [-0.3, -0.25) is 4.79 Å². The summed E-state index contributed by atoms with van der Waals surface area (Å²) < 4.78 is 5.23. The summed E-state index contributed by atoms with van der Waals surface area (Å²) in [6.07, 6.45) is 8.42. The monoisotopic (exact) mass is 372 g/mol. The standard InChI is InChI=1S/C22H33N3O2/c1-18(22(26)23-13-12-19-6-4-3-5-7-19)24-14-16-25(17-15-24)20-8-10-21(27-2)11-9-20/h6,8-11,18H,3-5,7,12-17H2,1-2H3,(H,23,26)/p+1/t18-/m1/s1. The third-order valence-corrected chi connectivity index (χ3v) is 5.98. The minimum absolute atomic E-state index is 0.0170. The SMILES string of the molecule is COc1ccc(N2CC[NH+]([C@H](C)C(=O)NCCC3=CCCCC3)CC2)cc1. The molecule has 1 aromatic rings. The van der Waals surface area contributed by atoms with Gasteiger partial charge < -0.3 is 19.9 Å². The Labute approximate surface area is 163 Å². The van der Waals surface area contributed by atoms with Crippen LogP contribution in [0.1, 0.15) is 39.0 Å². The molecule has 0 unspecified atom stereocenters. The molecule has 1 atom stereocenters. The summed E-state index contributed by atoms with van der Waals surface area (Å²) in [5.41, 5.74) is 2.75. The Balaban J connectivity index is 1.41. The van der Waals surface area contributed by atoms with Crippen LogP contribution in [0.2, 0.25) is 0 Å². The maximum absolute atomic E-state index is 12.5. The van der Waals surface area contributed by atoms with Gasteiger partial charge in [0, 0.05) is 12.2 Å². The van der Waals surface area contributed by atoms with Gasteiger partial charge in [-0.1, -0.05) is 11.6 Å². The summed E-state index contributed by atoms with van der Waals surface area (Å²) in [5.74, 6) is 1.08. The lowest BCUT2D eigenvalue weighted by Crippen LogP contribution is -3.19. The van der Waals surface area contributed by atoms with Crippen LogP contribution in [0.3, 0.4) is 0 Å². The molecule has 1 amide bonds. The number of hydrogen-bond donors (Lipinski definition) is 2. The van der Waals surface area contributed by atoms with Gasteiger partial charge in [0.1, 0.15) is 5.75 Å². The Morgan fingerprint density at radius 1 is 1.22 bits per heavy atom. The number of nitrogens with one attached hydrogen (secondary N) is 2. The van der Waals surface area contributed by atoms with Crippen molar-refractivity contribution >= 4 is 11.6 Å². The molecule has 1 aliphatic heterocycles. The highest BCUT2D eigenvalue weighted by molar-refractivity contribution is 5.79. The number of rotatable bonds is 7. The second kappa shape index (κ2) is 9.79. The average molecular weight is 373 g/mol. The first-order valence-corrected chi connectivity index (χ1v) is 10.4. The number of allylic oxidation sites excluding steroid dienone is 1. The molecule has 27 heavy (non-hydrogen) atoms. The van der Waals surface area contributed by atoms with Crippen LogP contribution >= 0.6 is 0 Å². The molecule has 1 saturated heterocycles. The van der Waals surface area contributed by atoms with Crippen LogP contribution in [0.25, 0.3) is 0 Å². The molecule has 0 bridgehead atoms. The minimum Gasteiger partial charge on any atom is -0.497 e. The molecule has 0 aromatic heterocycles. The van der Waals surface area contributed by atoms with Crippen molar-refractivity contribution in [2.24, 2.45) is 0 Å². The molecule has 0 saturated carbocycles. The fourth-order valence-electron chi connectivity index (χ4n) is 4.09. The number of carbonyl (C=O) groups is 1. The van der Waals surface area contributed by atoms with E-state index in [4.69, 9.17) is 4.74 Å². The average Bonchev–Trinajstić information content (AvgIpc) is 2.74. The van der Waals surface area contributed by atoms with Crippen LogP contribution < -0.4 is 19.9 Å². The zero-order valence-electron chi connectivity index (χ0n) is 16.8. The fourth-order valence-corrected chi connectivity index (χ4v) is 4.09. The molecular formula is C22H34N3O2+. The van der Waals surface area contributed by atoms with Crippen molar-refractivity contribution in [2.75, 3.05) is 44.7 Å². The van der Waals surface area contributed by atoms with E-state index in [2.05, 4.69) is 35.3 Å². The summed E-state index contributed by atoms with van der Waals surface area (Å²) in [5, 5.41) is 3.15. The summed E-state index contributed by atoms with van der Waals surface area (Å²) >= 11 is 0. The molecule has 1 aliphatic carbocycles. The van der Waals surface area contributed by atoms with Gasteiger partial charge in [0.15, 0.2) is 6.04 Å². The second-order valence-corrected chi connectivity index (χ2v) is 7.71. The van der Waals surface area contributed by atoms with Gasteiger partial charge in [-0.2, -0.15) is 0 Å². The number of hydrogen-bond acceptors (Lipinski definition) is 3. The van der Waals surface area contributed by atoms with E-state index in [9.17, 15) is 4.79 Å². The summed E-state index contributed by atoms with van der Waals surface area (Å²) in [6, 6.07) is 8.25. The van der Waals surface area contributed by atoms with Crippen molar-refractivity contribution in [3.05, 3.63) is 35.9 Å². The van der Waals surface area contributed by atoms with E-state index in [1.54, 1.807) is 7.11 Å². The number of amides is 1. The van der Waals surface area contributed by atoms with Crippen LogP contribution in [0.15, 0.2) is 35.9 Å². The quantitative estimate of drug-likeness (QED) is 0.718. The highest BCUT2D eigenvalue weighted by Gasteiger charge is 2.29. The Bertz CT molecular complexity index is 633. The molecule has 1 heterocycles. The number of ether oxygens (including phenoxy) is 1. The molecule has 2 aliphatic rings. The first kappa shape index (κ1) is 19.7. The van der Waals surface area contributed by atoms with Crippen molar-refractivity contribution in [3.8, 4) is 5.75 Å². The second-order valence-electron chi connectivity index (χ2n) is 7.71. The third-order valence-electron chi connectivity index (χ3n) is 5.98. The van der Waals surface area contributed by atoms with Gasteiger partial charge in [-0.25, -0.2) is 0 Å². The topological polar surface area (TPSA) is 46.0 Å². The van der Waals surface area contributed by atoms with Crippen molar-refractivity contribution in [2.45, 2.75) is 45.1 Å². The normalized spacial score (nSPS) is 19.3. The number of nitrogens with zero attached hydrogens (tertiary/aromatic N) is 1. The van der Waals surface area contributed by atoms with Gasteiger partial charge >= 0.3 is 0 Å². The molecule has 5 heteroatoms. The van der Waals surface area contributed by atoms with Crippen molar-refractivity contribution < 1.29 is 14.4 Å². The Hall–Kier alpha value is -2.01. The lowest BCUT2D eigenvalue weighted by molar-refractivity contribution is -0.914. The molecule has 1 aromatic carbocycles. The smallest absolute Gasteiger partial charge is 0.278 e. The molecule has 5 nitrogen and oxygen atoms in total. The predicted octanol–water partition coefficient (Wildman–Crippen LogP) is 1.80. The van der Waals surface area contributed by atoms with Crippen molar-refractivity contribution in [1.82, 2.24) is 5.32 Å². The van der Waals surface area contributed by atoms with Crippen LogP contribution in [-0.4, -0.2) is 51.8 Å². The largest absolute Gasteiger partial charge is 0.497 e. The van der Waals surface area contributed by atoms with Gasteiger partial charge in [-0.15, -0.1) is 0 Å². The zero-order valence-corrected chi connectivity index (χ0v) is 16.8. The molecular weight excluding hydrogens is 338 g/mol. The Morgan fingerprint density at radius 3 is 2.59 bits per heavy atom. The van der Waals surface area contributed by atoms with Gasteiger partial charge in [0.25, 0.3) is 5.91 Å². The van der Waals surface area contributed by atoms with E-state index < -0.39 is 0 Å². The van der Waals surface area contributed by atoms with E-state index >= 15 is 0 Å². The van der Waals surface area contributed by atoms with E-state index in [-0.39, 0.29) is 11.9 Å². The van der Waals surface area contributed by atoms with Crippen LogP contribution in [0.5, 0.6) is 5.75 Å². The van der Waals surface area contributed by atoms with Gasteiger partial charge in [0.05, 0.1) is 33.3 Å². The van der Waals surface area contributed by atoms with Crippen LogP contribution in [0, 0.1) is 0 Å². The van der Waals surface area contributed by atoms with Gasteiger partial charge in [-0.05, 0) is 63.3 Å². The summed E-state index contributed by atoms with van der Waals surface area (Å²) in [7, 11) is 1.69. The Kier molecular flexibility index (Phi) is 7.16. The molecule has 0 radical (unpaired) electrons. The number of quaternary nitrogens is 1.